The predicted molar refractivity (Wildman–Crippen MR) is 111 cm³/mol. The van der Waals surface area contributed by atoms with Crippen molar-refractivity contribution in [1.82, 2.24) is 14.9 Å². The minimum atomic E-state index is -4.44. The van der Waals surface area contributed by atoms with Gasteiger partial charge in [0, 0.05) is 42.3 Å². The van der Waals surface area contributed by atoms with Gasteiger partial charge in [0.2, 0.25) is 5.88 Å². The third-order valence-corrected chi connectivity index (χ3v) is 6.15. The predicted octanol–water partition coefficient (Wildman–Crippen LogP) is 4.84. The molecular weight excluding hydrogens is 419 g/mol. The first-order chi connectivity index (χ1) is 15.4. The third-order valence-electron chi connectivity index (χ3n) is 6.15. The number of hydrogen-bond donors (Lipinski definition) is 0. The first kappa shape index (κ1) is 20.5. The summed E-state index contributed by atoms with van der Waals surface area (Å²) in [7, 11) is 0. The van der Waals surface area contributed by atoms with Crippen molar-refractivity contribution in [3.63, 3.8) is 0 Å². The topological polar surface area (TPSA) is 55.3 Å². The Morgan fingerprint density at radius 1 is 1.03 bits per heavy atom. The van der Waals surface area contributed by atoms with Crippen molar-refractivity contribution < 1.29 is 22.7 Å². The Bertz CT molecular complexity index is 1120. The highest BCUT2D eigenvalue weighted by Gasteiger charge is 2.48. The van der Waals surface area contributed by atoms with Crippen LogP contribution in [0, 0.1) is 5.92 Å². The van der Waals surface area contributed by atoms with Crippen LogP contribution in [0.2, 0.25) is 0 Å². The number of aromatic nitrogens is 2. The van der Waals surface area contributed by atoms with Crippen molar-refractivity contribution in [2.24, 2.45) is 5.92 Å². The molecule has 1 amide bonds. The van der Waals surface area contributed by atoms with Gasteiger partial charge in [0.15, 0.2) is 0 Å². The second kappa shape index (κ2) is 7.93. The molecule has 2 fully saturated rings. The van der Waals surface area contributed by atoms with Crippen molar-refractivity contribution in [2.75, 3.05) is 6.54 Å². The molecule has 3 aromatic rings. The highest BCUT2D eigenvalue weighted by atomic mass is 19.4. The number of ether oxygens (including phenoxy) is 1. The lowest BCUT2D eigenvalue weighted by molar-refractivity contribution is -0.137. The van der Waals surface area contributed by atoms with E-state index >= 15 is 0 Å². The highest BCUT2D eigenvalue weighted by Crippen LogP contribution is 2.41. The van der Waals surface area contributed by atoms with Gasteiger partial charge in [-0.15, -0.1) is 0 Å². The summed E-state index contributed by atoms with van der Waals surface area (Å²) >= 11 is 0. The van der Waals surface area contributed by atoms with Crippen molar-refractivity contribution in [3.8, 4) is 17.0 Å². The van der Waals surface area contributed by atoms with E-state index < -0.39 is 11.7 Å². The quantitative estimate of drug-likeness (QED) is 0.584. The van der Waals surface area contributed by atoms with Gasteiger partial charge in [-0.05, 0) is 42.5 Å². The highest BCUT2D eigenvalue weighted by molar-refractivity contribution is 6.01. The molecule has 8 heteroatoms. The van der Waals surface area contributed by atoms with Crippen LogP contribution in [0.4, 0.5) is 13.2 Å². The zero-order chi connectivity index (χ0) is 22.3. The maximum Gasteiger partial charge on any atom is 0.417 e. The number of likely N-dealkylation sites (tertiary alicyclic amines) is 1. The lowest BCUT2D eigenvalue weighted by Gasteiger charge is -2.33. The van der Waals surface area contributed by atoms with Crippen LogP contribution >= 0.6 is 0 Å². The van der Waals surface area contributed by atoms with Gasteiger partial charge in [-0.3, -0.25) is 9.78 Å². The Balaban J connectivity index is 1.35. The molecule has 3 unspecified atom stereocenters. The second-order valence-corrected chi connectivity index (χ2v) is 8.19. The van der Waals surface area contributed by atoms with Crippen LogP contribution in [-0.2, 0) is 6.18 Å². The van der Waals surface area contributed by atoms with Crippen LogP contribution in [0.25, 0.3) is 11.1 Å². The van der Waals surface area contributed by atoms with E-state index in [0.717, 1.165) is 36.2 Å². The number of alkyl halides is 3. The van der Waals surface area contributed by atoms with E-state index in [-0.39, 0.29) is 23.9 Å². The summed E-state index contributed by atoms with van der Waals surface area (Å²) in [5, 5.41) is 0. The maximum atomic E-state index is 13.5. The van der Waals surface area contributed by atoms with Gasteiger partial charge in [-0.2, -0.15) is 13.2 Å². The fourth-order valence-corrected chi connectivity index (χ4v) is 4.70. The van der Waals surface area contributed by atoms with Crippen LogP contribution in [0.15, 0.2) is 67.1 Å². The van der Waals surface area contributed by atoms with Gasteiger partial charge in [0.05, 0.1) is 11.6 Å². The Hall–Kier alpha value is -3.42. The van der Waals surface area contributed by atoms with Crippen LogP contribution in [0.3, 0.4) is 0 Å². The van der Waals surface area contributed by atoms with Gasteiger partial charge < -0.3 is 9.64 Å². The van der Waals surface area contributed by atoms with E-state index in [2.05, 4.69) is 9.97 Å². The molecule has 3 heterocycles. The van der Waals surface area contributed by atoms with Crippen molar-refractivity contribution in [1.29, 1.82) is 0 Å². The summed E-state index contributed by atoms with van der Waals surface area (Å²) in [4.78, 5) is 23.3. The maximum absolute atomic E-state index is 13.5. The number of piperidine rings is 1. The summed E-state index contributed by atoms with van der Waals surface area (Å²) in [5.41, 5.74) is 1.46. The van der Waals surface area contributed by atoms with E-state index in [1.54, 1.807) is 12.4 Å². The molecule has 0 radical (unpaired) electrons. The minimum absolute atomic E-state index is 0.0781. The summed E-state index contributed by atoms with van der Waals surface area (Å²) in [6.45, 7) is 0.644. The number of rotatable bonds is 4. The van der Waals surface area contributed by atoms with Crippen LogP contribution in [0.5, 0.6) is 5.88 Å². The molecule has 32 heavy (non-hydrogen) atoms. The number of pyridine rings is 2. The Labute approximate surface area is 182 Å². The third kappa shape index (κ3) is 3.81. The van der Waals surface area contributed by atoms with Gasteiger partial charge in [-0.25, -0.2) is 4.98 Å². The number of carbonyl (C=O) groups excluding carboxylic acids is 1. The van der Waals surface area contributed by atoms with Gasteiger partial charge >= 0.3 is 6.18 Å². The largest absolute Gasteiger partial charge is 0.472 e. The summed E-state index contributed by atoms with van der Waals surface area (Å²) in [5.74, 6) is 0.360. The summed E-state index contributed by atoms with van der Waals surface area (Å²) < 4.78 is 44.2. The lowest BCUT2D eigenvalue weighted by atomic mass is 9.99. The SMILES string of the molecule is O=C(c1ccccc1-c1cccnc1)N1CC2CC(Oc3ccc(C(F)(F)F)cn3)C1C2. The molecule has 1 aliphatic carbocycles. The molecule has 2 bridgehead atoms. The Kier molecular flexibility index (Phi) is 5.07. The lowest BCUT2D eigenvalue weighted by Crippen LogP contribution is -2.47. The molecule has 164 valence electrons. The number of nitrogens with zero attached hydrogens (tertiary/aromatic N) is 3. The Morgan fingerprint density at radius 2 is 1.88 bits per heavy atom. The second-order valence-electron chi connectivity index (χ2n) is 8.19. The fourth-order valence-electron chi connectivity index (χ4n) is 4.70. The average molecular weight is 439 g/mol. The number of amides is 1. The van der Waals surface area contributed by atoms with Gasteiger partial charge in [0.25, 0.3) is 5.91 Å². The molecule has 1 saturated heterocycles. The molecule has 1 saturated carbocycles. The molecule has 5 rings (SSSR count). The zero-order valence-electron chi connectivity index (χ0n) is 17.0. The van der Waals surface area contributed by atoms with E-state index in [1.165, 1.54) is 6.07 Å². The smallest absolute Gasteiger partial charge is 0.417 e. The molecule has 5 nitrogen and oxygen atoms in total. The van der Waals surface area contributed by atoms with Gasteiger partial charge in [0.1, 0.15) is 6.10 Å². The van der Waals surface area contributed by atoms with Gasteiger partial charge in [-0.1, -0.05) is 24.3 Å². The van der Waals surface area contributed by atoms with Crippen molar-refractivity contribution in [3.05, 3.63) is 78.2 Å². The standard InChI is InChI=1S/C24H20F3N3O2/c25-24(26,27)17-7-8-22(29-13-17)32-21-11-15-10-20(21)30(14-15)23(31)19-6-2-1-5-18(19)16-4-3-9-28-12-16/h1-9,12-13,15,20-21H,10-11,14H2. The normalized spacial score (nSPS) is 22.2. The molecule has 3 atom stereocenters. The monoisotopic (exact) mass is 439 g/mol. The molecular formula is C24H20F3N3O2. The number of halogens is 3. The number of benzene rings is 1. The number of fused-ring (bicyclic) bond motifs is 2. The summed E-state index contributed by atoms with van der Waals surface area (Å²) in [6, 6.07) is 13.2. The molecule has 0 spiro atoms. The van der Waals surface area contributed by atoms with Crippen LogP contribution < -0.4 is 4.74 Å². The van der Waals surface area contributed by atoms with E-state index in [9.17, 15) is 18.0 Å². The molecule has 1 aromatic carbocycles. The van der Waals surface area contributed by atoms with E-state index in [1.807, 2.05) is 41.3 Å². The average Bonchev–Trinajstić information content (AvgIpc) is 3.40. The number of carbonyl (C=O) groups is 1. The van der Waals surface area contributed by atoms with Crippen LogP contribution in [-0.4, -0.2) is 39.5 Å². The van der Waals surface area contributed by atoms with Crippen molar-refractivity contribution >= 4 is 5.91 Å². The van der Waals surface area contributed by atoms with Crippen LogP contribution in [0.1, 0.15) is 28.8 Å². The first-order valence-corrected chi connectivity index (χ1v) is 10.4. The number of hydrogen-bond acceptors (Lipinski definition) is 4. The van der Waals surface area contributed by atoms with E-state index in [0.29, 0.717) is 18.0 Å². The molecule has 0 N–H and O–H groups in total. The molecule has 2 aliphatic rings. The minimum Gasteiger partial charge on any atom is -0.472 e. The molecule has 1 aliphatic heterocycles. The van der Waals surface area contributed by atoms with Crippen molar-refractivity contribution in [2.45, 2.75) is 31.2 Å². The van der Waals surface area contributed by atoms with E-state index in [4.69, 9.17) is 4.74 Å². The molecule has 2 aromatic heterocycles. The summed E-state index contributed by atoms with van der Waals surface area (Å²) in [6.07, 6.45) is 1.01. The fraction of sp³-hybridized carbons (Fsp3) is 0.292. The first-order valence-electron chi connectivity index (χ1n) is 10.4. The Morgan fingerprint density at radius 3 is 2.56 bits per heavy atom. The zero-order valence-corrected chi connectivity index (χ0v) is 17.0.